The Balaban J connectivity index is 2.31. The van der Waals surface area contributed by atoms with Crippen molar-refractivity contribution in [3.63, 3.8) is 0 Å². The number of rotatable bonds is 3. The first-order chi connectivity index (χ1) is 7.65. The largest absolute Gasteiger partial charge is 0.306 e. The summed E-state index contributed by atoms with van der Waals surface area (Å²) in [5.41, 5.74) is 3.30. The Hall–Kier alpha value is -1.08. The van der Waals surface area contributed by atoms with Crippen LogP contribution < -0.4 is 5.32 Å². The monoisotopic (exact) mass is 215 g/mol. The van der Waals surface area contributed by atoms with E-state index in [0.29, 0.717) is 11.5 Å². The van der Waals surface area contributed by atoms with Crippen LogP contribution in [0.4, 0.5) is 0 Å². The zero-order chi connectivity index (χ0) is 11.6. The molecule has 1 unspecified atom stereocenters. The van der Waals surface area contributed by atoms with Crippen LogP contribution in [0.1, 0.15) is 43.9 Å². The van der Waals surface area contributed by atoms with Gasteiger partial charge in [0.25, 0.3) is 0 Å². The van der Waals surface area contributed by atoms with Crippen molar-refractivity contribution in [2.45, 2.75) is 38.1 Å². The lowest BCUT2D eigenvalue weighted by atomic mass is 9.71. The van der Waals surface area contributed by atoms with Gasteiger partial charge in [0, 0.05) is 12.6 Å². The second-order valence-electron chi connectivity index (χ2n) is 5.26. The number of benzene rings is 1. The van der Waals surface area contributed by atoms with Crippen molar-refractivity contribution in [1.82, 2.24) is 5.32 Å². The van der Waals surface area contributed by atoms with Crippen molar-refractivity contribution in [3.05, 3.63) is 48.0 Å². The van der Waals surface area contributed by atoms with E-state index in [2.05, 4.69) is 50.0 Å². The Labute approximate surface area is 98.6 Å². The summed E-state index contributed by atoms with van der Waals surface area (Å²) < 4.78 is 0. The number of hydrogen-bond donors (Lipinski definition) is 1. The van der Waals surface area contributed by atoms with Crippen molar-refractivity contribution in [2.75, 3.05) is 6.54 Å². The van der Waals surface area contributed by atoms with Crippen LogP contribution in [0.5, 0.6) is 0 Å². The molecule has 1 heteroatoms. The van der Waals surface area contributed by atoms with E-state index < -0.39 is 0 Å². The standard InChI is InChI=1S/C15H21N/c1-4-11-16-14-9-10-15(2,3)13-8-6-5-7-12(13)14/h4-8,14,16H,1,9-11H2,2-3H3. The van der Waals surface area contributed by atoms with Gasteiger partial charge >= 0.3 is 0 Å². The molecule has 1 aliphatic carbocycles. The summed E-state index contributed by atoms with van der Waals surface area (Å²) in [7, 11) is 0. The number of hydrogen-bond acceptors (Lipinski definition) is 1. The summed E-state index contributed by atoms with van der Waals surface area (Å²) in [6, 6.07) is 9.33. The molecule has 0 aliphatic heterocycles. The molecular weight excluding hydrogens is 194 g/mol. The quantitative estimate of drug-likeness (QED) is 0.760. The highest BCUT2D eigenvalue weighted by molar-refractivity contribution is 5.38. The van der Waals surface area contributed by atoms with Gasteiger partial charge in [-0.3, -0.25) is 0 Å². The minimum Gasteiger partial charge on any atom is -0.306 e. The van der Waals surface area contributed by atoms with Gasteiger partial charge in [0.2, 0.25) is 0 Å². The van der Waals surface area contributed by atoms with Gasteiger partial charge < -0.3 is 5.32 Å². The van der Waals surface area contributed by atoms with Crippen molar-refractivity contribution in [1.29, 1.82) is 0 Å². The second-order valence-corrected chi connectivity index (χ2v) is 5.26. The third-order valence-corrected chi connectivity index (χ3v) is 3.63. The maximum absolute atomic E-state index is 3.77. The van der Waals surface area contributed by atoms with E-state index in [1.165, 1.54) is 24.0 Å². The molecule has 86 valence electrons. The molecule has 1 aromatic carbocycles. The van der Waals surface area contributed by atoms with Gasteiger partial charge in [-0.1, -0.05) is 44.2 Å². The van der Waals surface area contributed by atoms with Gasteiger partial charge in [-0.05, 0) is 29.4 Å². The molecule has 0 saturated carbocycles. The highest BCUT2D eigenvalue weighted by Crippen LogP contribution is 2.41. The van der Waals surface area contributed by atoms with Gasteiger partial charge in [-0.2, -0.15) is 0 Å². The molecule has 0 heterocycles. The summed E-state index contributed by atoms with van der Waals surface area (Å²) in [4.78, 5) is 0. The van der Waals surface area contributed by atoms with Crippen LogP contribution in [-0.2, 0) is 5.41 Å². The molecule has 0 aromatic heterocycles. The first kappa shape index (κ1) is 11.4. The maximum atomic E-state index is 3.77. The molecule has 16 heavy (non-hydrogen) atoms. The van der Waals surface area contributed by atoms with Crippen molar-refractivity contribution >= 4 is 0 Å². The molecule has 1 aromatic rings. The van der Waals surface area contributed by atoms with Crippen LogP contribution in [0.25, 0.3) is 0 Å². The van der Waals surface area contributed by atoms with Gasteiger partial charge in [0.15, 0.2) is 0 Å². The second kappa shape index (κ2) is 4.42. The third-order valence-electron chi connectivity index (χ3n) is 3.63. The normalized spacial score (nSPS) is 22.5. The average Bonchev–Trinajstić information content (AvgIpc) is 2.29. The predicted molar refractivity (Wildman–Crippen MR) is 69.6 cm³/mol. The van der Waals surface area contributed by atoms with Crippen LogP contribution in [0.3, 0.4) is 0 Å². The Morgan fingerprint density at radius 3 is 2.94 bits per heavy atom. The number of fused-ring (bicyclic) bond motifs is 1. The topological polar surface area (TPSA) is 12.0 Å². The van der Waals surface area contributed by atoms with Crippen LogP contribution in [-0.4, -0.2) is 6.54 Å². The van der Waals surface area contributed by atoms with Gasteiger partial charge in [0.1, 0.15) is 0 Å². The van der Waals surface area contributed by atoms with Gasteiger partial charge in [0.05, 0.1) is 0 Å². The first-order valence-electron chi connectivity index (χ1n) is 6.09. The lowest BCUT2D eigenvalue weighted by molar-refractivity contribution is 0.365. The van der Waals surface area contributed by atoms with E-state index >= 15 is 0 Å². The Bertz CT molecular complexity index is 379. The smallest absolute Gasteiger partial charge is 0.0326 e. The molecule has 0 saturated heterocycles. The van der Waals surface area contributed by atoms with Crippen LogP contribution >= 0.6 is 0 Å². The molecule has 0 radical (unpaired) electrons. The fraction of sp³-hybridized carbons (Fsp3) is 0.467. The fourth-order valence-electron chi connectivity index (χ4n) is 2.65. The molecule has 0 spiro atoms. The maximum Gasteiger partial charge on any atom is 0.0326 e. The molecule has 1 N–H and O–H groups in total. The fourth-order valence-corrected chi connectivity index (χ4v) is 2.65. The SMILES string of the molecule is C=CCNC1CCC(C)(C)c2ccccc21. The molecule has 0 fully saturated rings. The van der Waals surface area contributed by atoms with Crippen LogP contribution in [0.2, 0.25) is 0 Å². The molecule has 1 nitrogen and oxygen atoms in total. The van der Waals surface area contributed by atoms with Crippen LogP contribution in [0.15, 0.2) is 36.9 Å². The first-order valence-corrected chi connectivity index (χ1v) is 6.09. The predicted octanol–water partition coefficient (Wildman–Crippen LogP) is 3.57. The minimum atomic E-state index is 0.322. The van der Waals surface area contributed by atoms with Crippen molar-refractivity contribution in [2.24, 2.45) is 0 Å². The Morgan fingerprint density at radius 1 is 1.44 bits per heavy atom. The van der Waals surface area contributed by atoms with Gasteiger partial charge in [-0.15, -0.1) is 6.58 Å². The molecule has 0 amide bonds. The number of nitrogens with one attached hydrogen (secondary N) is 1. The van der Waals surface area contributed by atoms with E-state index in [-0.39, 0.29) is 0 Å². The summed E-state index contributed by atoms with van der Waals surface area (Å²) in [5.74, 6) is 0. The van der Waals surface area contributed by atoms with E-state index in [1.54, 1.807) is 0 Å². The molecule has 0 bridgehead atoms. The summed E-state index contributed by atoms with van der Waals surface area (Å²) in [6.45, 7) is 9.34. The molecule has 1 aliphatic rings. The zero-order valence-corrected chi connectivity index (χ0v) is 10.3. The van der Waals surface area contributed by atoms with Gasteiger partial charge in [-0.25, -0.2) is 0 Å². The van der Waals surface area contributed by atoms with Crippen molar-refractivity contribution in [3.8, 4) is 0 Å². The molecule has 1 atom stereocenters. The lowest BCUT2D eigenvalue weighted by Crippen LogP contribution is -2.32. The lowest BCUT2D eigenvalue weighted by Gasteiger charge is -2.37. The summed E-state index contributed by atoms with van der Waals surface area (Å²) in [5, 5.41) is 3.55. The Kier molecular flexibility index (Phi) is 3.15. The Morgan fingerprint density at radius 2 is 2.19 bits per heavy atom. The highest BCUT2D eigenvalue weighted by Gasteiger charge is 2.31. The highest BCUT2D eigenvalue weighted by atomic mass is 14.9. The van der Waals surface area contributed by atoms with Crippen LogP contribution in [0, 0.1) is 0 Å². The molecular formula is C15H21N. The minimum absolute atomic E-state index is 0.322. The van der Waals surface area contributed by atoms with E-state index in [0.717, 1.165) is 6.54 Å². The summed E-state index contributed by atoms with van der Waals surface area (Å²) >= 11 is 0. The van der Waals surface area contributed by atoms with E-state index in [9.17, 15) is 0 Å². The molecule has 2 rings (SSSR count). The zero-order valence-electron chi connectivity index (χ0n) is 10.3. The van der Waals surface area contributed by atoms with E-state index in [4.69, 9.17) is 0 Å². The van der Waals surface area contributed by atoms with E-state index in [1.807, 2.05) is 6.08 Å². The average molecular weight is 215 g/mol. The van der Waals surface area contributed by atoms with Crippen molar-refractivity contribution < 1.29 is 0 Å². The third kappa shape index (κ3) is 2.05. The summed E-state index contributed by atoms with van der Waals surface area (Å²) in [6.07, 6.45) is 4.40.